The van der Waals surface area contributed by atoms with Gasteiger partial charge in [-0.05, 0) is 24.3 Å². The molecule has 0 aliphatic carbocycles. The monoisotopic (exact) mass is 407 g/mol. The van der Waals surface area contributed by atoms with Crippen molar-refractivity contribution in [2.75, 3.05) is 44.2 Å². The van der Waals surface area contributed by atoms with Gasteiger partial charge < -0.3 is 9.80 Å². The van der Waals surface area contributed by atoms with Crippen LogP contribution >= 0.6 is 22.9 Å². The number of benzene rings is 1. The average Bonchev–Trinajstić information content (AvgIpc) is 3.07. The number of para-hydroxylation sites is 1. The number of piperazine rings is 1. The Morgan fingerprint density at radius 1 is 1.22 bits per heavy atom. The van der Waals surface area contributed by atoms with Crippen molar-refractivity contribution >= 4 is 34.5 Å². The van der Waals surface area contributed by atoms with E-state index in [4.69, 9.17) is 11.6 Å². The standard InChI is InChI=1S/C20H23ClFN3OS/c1-2-9-23(14-16-7-8-19(21)27-16)15-20(26)25-12-10-24(11-13-25)18-6-4-3-5-17(18)22/h2-8H,1,9-15H2. The lowest BCUT2D eigenvalue weighted by Gasteiger charge is -2.37. The topological polar surface area (TPSA) is 26.8 Å². The van der Waals surface area contributed by atoms with Crippen LogP contribution in [-0.4, -0.2) is 55.0 Å². The van der Waals surface area contributed by atoms with Gasteiger partial charge in [-0.1, -0.05) is 29.8 Å². The van der Waals surface area contributed by atoms with Crippen LogP contribution < -0.4 is 4.90 Å². The lowest BCUT2D eigenvalue weighted by Crippen LogP contribution is -2.51. The number of rotatable bonds is 7. The van der Waals surface area contributed by atoms with Gasteiger partial charge >= 0.3 is 0 Å². The smallest absolute Gasteiger partial charge is 0.236 e. The maximum atomic E-state index is 13.9. The molecule has 1 aromatic carbocycles. The van der Waals surface area contributed by atoms with E-state index in [-0.39, 0.29) is 11.7 Å². The highest BCUT2D eigenvalue weighted by Crippen LogP contribution is 2.23. The summed E-state index contributed by atoms with van der Waals surface area (Å²) in [5.74, 6) is -0.128. The molecule has 1 aliphatic rings. The second-order valence-corrected chi connectivity index (χ2v) is 8.28. The zero-order chi connectivity index (χ0) is 19.2. The van der Waals surface area contributed by atoms with Gasteiger partial charge in [-0.15, -0.1) is 17.9 Å². The Labute approximate surface area is 168 Å². The first kappa shape index (κ1) is 19.9. The molecule has 0 radical (unpaired) electrons. The number of carbonyl (C=O) groups is 1. The van der Waals surface area contributed by atoms with Gasteiger partial charge in [0.1, 0.15) is 5.82 Å². The summed E-state index contributed by atoms with van der Waals surface area (Å²) in [6.07, 6.45) is 1.80. The van der Waals surface area contributed by atoms with E-state index in [0.29, 0.717) is 51.5 Å². The summed E-state index contributed by atoms with van der Waals surface area (Å²) in [5.41, 5.74) is 0.604. The van der Waals surface area contributed by atoms with Crippen LogP contribution in [0.3, 0.4) is 0 Å². The Morgan fingerprint density at radius 3 is 2.59 bits per heavy atom. The molecule has 144 valence electrons. The molecule has 0 bridgehead atoms. The van der Waals surface area contributed by atoms with Gasteiger partial charge in [-0.2, -0.15) is 0 Å². The third-order valence-electron chi connectivity index (χ3n) is 4.58. The molecule has 7 heteroatoms. The van der Waals surface area contributed by atoms with Crippen molar-refractivity contribution in [3.05, 3.63) is 64.1 Å². The maximum absolute atomic E-state index is 13.9. The second-order valence-electron chi connectivity index (χ2n) is 6.48. The van der Waals surface area contributed by atoms with Gasteiger partial charge in [0.2, 0.25) is 5.91 Å². The summed E-state index contributed by atoms with van der Waals surface area (Å²) < 4.78 is 14.7. The van der Waals surface area contributed by atoms with Crippen LogP contribution in [-0.2, 0) is 11.3 Å². The van der Waals surface area contributed by atoms with Crippen LogP contribution in [0.5, 0.6) is 0 Å². The molecular formula is C20H23ClFN3OS. The SMILES string of the molecule is C=CCN(CC(=O)N1CCN(c2ccccc2F)CC1)Cc1ccc(Cl)s1. The lowest BCUT2D eigenvalue weighted by atomic mass is 10.2. The number of hydrogen-bond acceptors (Lipinski definition) is 4. The molecule has 0 saturated carbocycles. The molecule has 0 N–H and O–H groups in total. The molecule has 4 nitrogen and oxygen atoms in total. The van der Waals surface area contributed by atoms with Crippen molar-refractivity contribution in [3.8, 4) is 0 Å². The number of amides is 1. The van der Waals surface area contributed by atoms with Crippen molar-refractivity contribution in [2.24, 2.45) is 0 Å². The molecule has 2 heterocycles. The van der Waals surface area contributed by atoms with Gasteiger partial charge in [0, 0.05) is 44.1 Å². The van der Waals surface area contributed by atoms with E-state index in [0.717, 1.165) is 9.21 Å². The minimum absolute atomic E-state index is 0.0905. The Bertz CT molecular complexity index is 789. The molecule has 1 amide bonds. The quantitative estimate of drug-likeness (QED) is 0.652. The number of carbonyl (C=O) groups excluding carboxylic acids is 1. The maximum Gasteiger partial charge on any atom is 0.236 e. The molecule has 0 unspecified atom stereocenters. The Morgan fingerprint density at radius 2 is 1.96 bits per heavy atom. The predicted octanol–water partition coefficient (Wildman–Crippen LogP) is 3.88. The van der Waals surface area contributed by atoms with Crippen molar-refractivity contribution in [1.29, 1.82) is 0 Å². The molecular weight excluding hydrogens is 385 g/mol. The number of halogens is 2. The van der Waals surface area contributed by atoms with Gasteiger partial charge in [-0.3, -0.25) is 9.69 Å². The molecule has 3 rings (SSSR count). The van der Waals surface area contributed by atoms with Crippen molar-refractivity contribution in [1.82, 2.24) is 9.80 Å². The molecule has 2 aromatic rings. The molecule has 1 saturated heterocycles. The summed E-state index contributed by atoms with van der Waals surface area (Å²) >= 11 is 7.52. The fourth-order valence-electron chi connectivity index (χ4n) is 3.22. The van der Waals surface area contributed by atoms with Gasteiger partial charge in [0.15, 0.2) is 0 Å². The normalized spacial score (nSPS) is 14.6. The van der Waals surface area contributed by atoms with E-state index in [1.807, 2.05) is 28.0 Å². The minimum Gasteiger partial charge on any atom is -0.366 e. The Kier molecular flexibility index (Phi) is 6.88. The first-order chi connectivity index (χ1) is 13.1. The number of anilines is 1. The van der Waals surface area contributed by atoms with Gasteiger partial charge in [-0.25, -0.2) is 4.39 Å². The first-order valence-corrected chi connectivity index (χ1v) is 10.1. The summed E-state index contributed by atoms with van der Waals surface area (Å²) in [6, 6.07) is 10.6. The van der Waals surface area contributed by atoms with E-state index in [1.54, 1.807) is 18.2 Å². The fraction of sp³-hybridized carbons (Fsp3) is 0.350. The number of nitrogens with zero attached hydrogens (tertiary/aromatic N) is 3. The number of hydrogen-bond donors (Lipinski definition) is 0. The largest absolute Gasteiger partial charge is 0.366 e. The average molecular weight is 408 g/mol. The van der Waals surface area contributed by atoms with Crippen molar-refractivity contribution in [2.45, 2.75) is 6.54 Å². The van der Waals surface area contributed by atoms with E-state index in [2.05, 4.69) is 11.5 Å². The third-order valence-corrected chi connectivity index (χ3v) is 5.80. The molecule has 27 heavy (non-hydrogen) atoms. The molecule has 0 atom stereocenters. The second kappa shape index (κ2) is 9.35. The third kappa shape index (κ3) is 5.31. The van der Waals surface area contributed by atoms with Gasteiger partial charge in [0.25, 0.3) is 0 Å². The van der Waals surface area contributed by atoms with E-state index >= 15 is 0 Å². The number of thiophene rings is 1. The zero-order valence-electron chi connectivity index (χ0n) is 15.1. The minimum atomic E-state index is -0.218. The van der Waals surface area contributed by atoms with Crippen LogP contribution in [0.15, 0.2) is 49.1 Å². The lowest BCUT2D eigenvalue weighted by molar-refractivity contribution is -0.132. The molecule has 0 spiro atoms. The predicted molar refractivity (Wildman–Crippen MR) is 110 cm³/mol. The van der Waals surface area contributed by atoms with E-state index < -0.39 is 0 Å². The summed E-state index contributed by atoms with van der Waals surface area (Å²) in [7, 11) is 0. The first-order valence-electron chi connectivity index (χ1n) is 8.91. The Balaban J connectivity index is 1.54. The summed E-state index contributed by atoms with van der Waals surface area (Å²) in [4.78, 5) is 19.8. The highest BCUT2D eigenvalue weighted by Gasteiger charge is 2.24. The fourth-order valence-corrected chi connectivity index (χ4v) is 4.35. The van der Waals surface area contributed by atoms with Crippen LogP contribution in [0.1, 0.15) is 4.88 Å². The highest BCUT2D eigenvalue weighted by molar-refractivity contribution is 7.16. The summed E-state index contributed by atoms with van der Waals surface area (Å²) in [6.45, 7) is 7.89. The zero-order valence-corrected chi connectivity index (χ0v) is 16.7. The molecule has 1 fully saturated rings. The van der Waals surface area contributed by atoms with Gasteiger partial charge in [0.05, 0.1) is 16.6 Å². The van der Waals surface area contributed by atoms with Crippen molar-refractivity contribution in [3.63, 3.8) is 0 Å². The van der Waals surface area contributed by atoms with E-state index in [9.17, 15) is 9.18 Å². The summed E-state index contributed by atoms with van der Waals surface area (Å²) in [5, 5.41) is 0. The molecule has 1 aromatic heterocycles. The van der Waals surface area contributed by atoms with E-state index in [1.165, 1.54) is 17.4 Å². The van der Waals surface area contributed by atoms with Crippen molar-refractivity contribution < 1.29 is 9.18 Å². The molecule has 1 aliphatic heterocycles. The Hall–Kier alpha value is -1.89. The van der Waals surface area contributed by atoms with Crippen LogP contribution in [0.4, 0.5) is 10.1 Å². The highest BCUT2D eigenvalue weighted by atomic mass is 35.5. The van der Waals surface area contributed by atoms with Crippen LogP contribution in [0.2, 0.25) is 4.34 Å². The van der Waals surface area contributed by atoms with Crippen LogP contribution in [0.25, 0.3) is 0 Å². The van der Waals surface area contributed by atoms with Crippen LogP contribution in [0, 0.1) is 5.82 Å².